The fourth-order valence-electron chi connectivity index (χ4n) is 7.57. The number of primary amides is 2. The minimum atomic E-state index is -1.62. The van der Waals surface area contributed by atoms with Crippen molar-refractivity contribution in [3.05, 3.63) is 23.8 Å². The summed E-state index contributed by atoms with van der Waals surface area (Å²) < 4.78 is 5.26. The van der Waals surface area contributed by atoms with E-state index in [0.717, 1.165) is 18.2 Å². The van der Waals surface area contributed by atoms with Gasteiger partial charge in [0, 0.05) is 31.6 Å². The normalized spacial score (nSPS) is 23.7. The Hall–Kier alpha value is -6.13. The topological polar surface area (TPSA) is 357 Å². The molecule has 1 aliphatic carbocycles. The smallest absolute Gasteiger partial charge is 0.303 e. The predicted octanol–water partition coefficient (Wildman–Crippen LogP) is -1.12. The van der Waals surface area contributed by atoms with E-state index in [1.54, 1.807) is 13.8 Å². The third-order valence-corrected chi connectivity index (χ3v) is 12.1. The summed E-state index contributed by atoms with van der Waals surface area (Å²) in [5.74, 6) is -8.82. The zero-order valence-corrected chi connectivity index (χ0v) is 38.5. The van der Waals surface area contributed by atoms with Crippen LogP contribution in [0.1, 0.15) is 103 Å². The molecular formula is C43H65N9O13S. The number of nitrogens with one attached hydrogen (secondary N) is 7. The molecule has 23 heteroatoms. The largest absolute Gasteiger partial charge is 0.504 e. The van der Waals surface area contributed by atoms with Gasteiger partial charge in [0.1, 0.15) is 35.7 Å². The Labute approximate surface area is 387 Å². The van der Waals surface area contributed by atoms with E-state index in [4.69, 9.17) is 16.2 Å². The Morgan fingerprint density at radius 3 is 2.14 bits per heavy atom. The molecule has 1 aromatic rings. The van der Waals surface area contributed by atoms with Crippen molar-refractivity contribution < 1.29 is 62.9 Å². The van der Waals surface area contributed by atoms with Gasteiger partial charge in [-0.15, -0.1) is 11.8 Å². The van der Waals surface area contributed by atoms with Crippen molar-refractivity contribution in [3.63, 3.8) is 0 Å². The molecule has 22 nitrogen and oxygen atoms in total. The maximum Gasteiger partial charge on any atom is 0.303 e. The Bertz CT molecular complexity index is 1930. The van der Waals surface area contributed by atoms with Crippen molar-refractivity contribution >= 4 is 70.9 Å². The lowest BCUT2D eigenvalue weighted by atomic mass is 9.80. The van der Waals surface area contributed by atoms with Crippen LogP contribution in [0, 0.1) is 5.92 Å². The number of carboxylic acids is 1. The van der Waals surface area contributed by atoms with E-state index >= 15 is 0 Å². The number of aliphatic carboxylic acids is 1. The number of benzene rings is 1. The van der Waals surface area contributed by atoms with Crippen LogP contribution in [-0.2, 0) is 54.4 Å². The van der Waals surface area contributed by atoms with Crippen LogP contribution in [0.2, 0.25) is 0 Å². The van der Waals surface area contributed by atoms with Crippen molar-refractivity contribution in [2.75, 3.05) is 25.2 Å². The third-order valence-electron chi connectivity index (χ3n) is 11.0. The summed E-state index contributed by atoms with van der Waals surface area (Å²) in [5.41, 5.74) is 9.80. The number of aromatic hydroxyl groups is 1. The predicted molar refractivity (Wildman–Crippen MR) is 240 cm³/mol. The van der Waals surface area contributed by atoms with Crippen molar-refractivity contribution in [2.45, 2.75) is 139 Å². The molecule has 1 saturated heterocycles. The first-order valence-electron chi connectivity index (χ1n) is 22.1. The number of carboxylic acid groups (broad SMARTS) is 1. The second kappa shape index (κ2) is 26.7. The highest BCUT2D eigenvalue weighted by Gasteiger charge is 2.44. The van der Waals surface area contributed by atoms with E-state index in [1.807, 2.05) is 0 Å². The highest BCUT2D eigenvalue weighted by atomic mass is 32.2. The molecule has 1 saturated carbocycles. The van der Waals surface area contributed by atoms with Gasteiger partial charge in [-0.25, -0.2) is 0 Å². The van der Waals surface area contributed by atoms with Gasteiger partial charge in [0.25, 0.3) is 0 Å². The van der Waals surface area contributed by atoms with Gasteiger partial charge in [-0.05, 0) is 68.6 Å². The van der Waals surface area contributed by atoms with Gasteiger partial charge in [-0.3, -0.25) is 47.9 Å². The lowest BCUT2D eigenvalue weighted by Gasteiger charge is -2.38. The standard InChI is InChI=1S/C43H65N9O13S/c1-24(2)18-27-40(62)50-28(19-25-13-14-31(53)32(20-25)65-3)41(63)52-43(15-6-4-7-16-43)42(64)51-29(21-33(44)54)38(60)46-17-8-5-11-34(55)48-30(37(45)59)22-66-23-35(56)47-26(39(61)49-27)10-9-12-36(57)58/h13-14,20,24,26-30,53H,4-12,15-19,21-23H2,1-3H3,(H2,44,54)(H2,45,59)(H,46,60)(H,47,56)(H,48,55)(H,49,61)(H,50,62)(H,51,64)(H,52,63)(H,57,58)/t26-,27-,28-,29-,30+/m0/s1. The number of methoxy groups -OCH3 is 1. The van der Waals surface area contributed by atoms with E-state index in [-0.39, 0.29) is 99.7 Å². The van der Waals surface area contributed by atoms with Crippen LogP contribution in [0.5, 0.6) is 11.5 Å². The second-order valence-corrected chi connectivity index (χ2v) is 18.0. The molecule has 5 atom stereocenters. The highest BCUT2D eigenvalue weighted by Crippen LogP contribution is 2.30. The molecule has 2 fully saturated rings. The maximum absolute atomic E-state index is 14.6. The van der Waals surface area contributed by atoms with Crippen LogP contribution in [-0.4, -0.2) is 130 Å². The Morgan fingerprint density at radius 1 is 0.818 bits per heavy atom. The summed E-state index contributed by atoms with van der Waals surface area (Å²) >= 11 is 0.935. The first-order chi connectivity index (χ1) is 31.2. The quantitative estimate of drug-likeness (QED) is 0.118. The van der Waals surface area contributed by atoms with E-state index < -0.39 is 101 Å². The number of amides is 9. The fraction of sp³-hybridized carbons (Fsp3) is 0.628. The molecule has 9 amide bonds. The summed E-state index contributed by atoms with van der Waals surface area (Å²) in [5, 5.41) is 38.1. The molecule has 0 bridgehead atoms. The van der Waals surface area contributed by atoms with Crippen molar-refractivity contribution in [1.29, 1.82) is 0 Å². The summed E-state index contributed by atoms with van der Waals surface area (Å²) in [7, 11) is 1.33. The van der Waals surface area contributed by atoms with E-state index in [9.17, 15) is 58.2 Å². The number of hydrogen-bond donors (Lipinski definition) is 11. The molecule has 0 aromatic heterocycles. The summed E-state index contributed by atoms with van der Waals surface area (Å²) in [6.45, 7) is 3.59. The van der Waals surface area contributed by atoms with Gasteiger partial charge < -0.3 is 63.6 Å². The number of rotatable bonds is 12. The van der Waals surface area contributed by atoms with Gasteiger partial charge in [0.05, 0.1) is 19.3 Å². The Morgan fingerprint density at radius 2 is 1.50 bits per heavy atom. The zero-order valence-electron chi connectivity index (χ0n) is 37.7. The number of nitrogens with two attached hydrogens (primary N) is 2. The number of phenolic OH excluding ortho intramolecular Hbond substituents is 1. The van der Waals surface area contributed by atoms with Crippen LogP contribution in [0.3, 0.4) is 0 Å². The molecule has 1 spiro atoms. The maximum atomic E-state index is 14.6. The fourth-order valence-corrected chi connectivity index (χ4v) is 8.44. The minimum Gasteiger partial charge on any atom is -0.504 e. The summed E-state index contributed by atoms with van der Waals surface area (Å²) in [6.07, 6.45) is 1.16. The van der Waals surface area contributed by atoms with Crippen LogP contribution in [0.4, 0.5) is 0 Å². The molecule has 1 aromatic carbocycles. The van der Waals surface area contributed by atoms with Crippen LogP contribution in [0.15, 0.2) is 18.2 Å². The summed E-state index contributed by atoms with van der Waals surface area (Å²) in [6, 6.07) is -2.37. The number of carbonyl (C=O) groups is 10. The van der Waals surface area contributed by atoms with Gasteiger partial charge >= 0.3 is 5.97 Å². The van der Waals surface area contributed by atoms with E-state index in [1.165, 1.54) is 25.3 Å². The second-order valence-electron chi connectivity index (χ2n) is 17.0. The van der Waals surface area contributed by atoms with Crippen LogP contribution in [0.25, 0.3) is 0 Å². The average Bonchev–Trinajstić information content (AvgIpc) is 3.24. The van der Waals surface area contributed by atoms with Crippen molar-refractivity contribution in [3.8, 4) is 11.5 Å². The van der Waals surface area contributed by atoms with Gasteiger partial charge in [0.15, 0.2) is 11.5 Å². The number of hydrogen-bond acceptors (Lipinski definition) is 13. The molecule has 13 N–H and O–H groups in total. The van der Waals surface area contributed by atoms with E-state index in [0.29, 0.717) is 18.4 Å². The lowest BCUT2D eigenvalue weighted by molar-refractivity contribution is -0.139. The summed E-state index contributed by atoms with van der Waals surface area (Å²) in [4.78, 5) is 132. The Kier molecular flexibility index (Phi) is 22.0. The average molecular weight is 948 g/mol. The molecule has 3 rings (SSSR count). The highest BCUT2D eigenvalue weighted by molar-refractivity contribution is 8.00. The molecule has 1 heterocycles. The number of phenols is 1. The molecule has 0 unspecified atom stereocenters. The van der Waals surface area contributed by atoms with Crippen molar-refractivity contribution in [1.82, 2.24) is 37.2 Å². The molecule has 1 aliphatic heterocycles. The van der Waals surface area contributed by atoms with Gasteiger partial charge in [0.2, 0.25) is 53.2 Å². The first kappa shape index (κ1) is 54.2. The minimum absolute atomic E-state index is 0.0270. The molecule has 366 valence electrons. The molecule has 2 aliphatic rings. The zero-order chi connectivity index (χ0) is 49.0. The third kappa shape index (κ3) is 18.0. The Balaban J connectivity index is 2.08. The molecule has 66 heavy (non-hydrogen) atoms. The van der Waals surface area contributed by atoms with Crippen LogP contribution < -0.4 is 53.4 Å². The van der Waals surface area contributed by atoms with Gasteiger partial charge in [-0.1, -0.05) is 39.2 Å². The molecule has 0 radical (unpaired) electrons. The van der Waals surface area contributed by atoms with E-state index in [2.05, 4.69) is 37.2 Å². The molecular weight excluding hydrogens is 883 g/mol. The monoisotopic (exact) mass is 947 g/mol. The first-order valence-corrected chi connectivity index (χ1v) is 23.2. The lowest BCUT2D eigenvalue weighted by Crippen LogP contribution is -2.66. The van der Waals surface area contributed by atoms with Crippen LogP contribution >= 0.6 is 11.8 Å². The number of thioether (sulfide) groups is 1. The van der Waals surface area contributed by atoms with Crippen molar-refractivity contribution in [2.24, 2.45) is 17.4 Å². The SMILES string of the molecule is COc1cc(C[C@@H]2NC(=O)[C@H](CC(C)C)NC(=O)[C@H](CCCC(=O)O)NC(=O)CSC[C@H](C(N)=O)NC(=O)CCCCNC(=O)[C@H](CC(N)=O)NC(=O)C3(CCCCC3)NC2=O)ccc1O. The van der Waals surface area contributed by atoms with Gasteiger partial charge in [-0.2, -0.15) is 0 Å². The number of carbonyl (C=O) groups excluding carboxylic acids is 9. The number of ether oxygens (including phenoxy) is 1.